The van der Waals surface area contributed by atoms with Crippen molar-refractivity contribution in [1.29, 1.82) is 0 Å². The average Bonchev–Trinajstić information content (AvgIpc) is 3.87. The molecule has 288 valence electrons. The van der Waals surface area contributed by atoms with Crippen molar-refractivity contribution < 1.29 is 4.42 Å². The van der Waals surface area contributed by atoms with Gasteiger partial charge in [0.2, 0.25) is 0 Å². The monoisotopic (exact) mass is 790 g/mol. The molecule has 0 aliphatic heterocycles. The molecule has 0 aliphatic carbocycles. The summed E-state index contributed by atoms with van der Waals surface area (Å²) in [7, 11) is 0. The van der Waals surface area contributed by atoms with Gasteiger partial charge in [-0.2, -0.15) is 0 Å². The molecule has 0 radical (unpaired) electrons. The molecule has 0 N–H and O–H groups in total. The van der Waals surface area contributed by atoms with Gasteiger partial charge in [0, 0.05) is 38.1 Å². The molecule has 0 amide bonds. The van der Waals surface area contributed by atoms with Crippen LogP contribution in [0.3, 0.4) is 0 Å². The topological polar surface area (TPSA) is 56.7 Å². The van der Waals surface area contributed by atoms with Gasteiger partial charge in [-0.3, -0.25) is 0 Å². The Morgan fingerprint density at radius 1 is 0.339 bits per heavy atom. The molecule has 3 aromatic heterocycles. The molecule has 0 unspecified atom stereocenters. The summed E-state index contributed by atoms with van der Waals surface area (Å²) in [6.45, 7) is 0. The lowest BCUT2D eigenvalue weighted by atomic mass is 9.93. The molecule has 5 heteroatoms. The first-order valence-electron chi connectivity index (χ1n) is 20.9. The van der Waals surface area contributed by atoms with Crippen molar-refractivity contribution >= 4 is 76.1 Å². The molecule has 0 saturated carbocycles. The summed E-state index contributed by atoms with van der Waals surface area (Å²) < 4.78 is 9.01. The van der Waals surface area contributed by atoms with E-state index in [1.54, 1.807) is 0 Å². The summed E-state index contributed by atoms with van der Waals surface area (Å²) in [5.41, 5.74) is 9.86. The summed E-state index contributed by atoms with van der Waals surface area (Å²) in [6, 6.07) is 73.0. The first kappa shape index (κ1) is 34.5. The van der Waals surface area contributed by atoms with E-state index in [1.807, 2.05) is 42.5 Å². The van der Waals surface area contributed by atoms with E-state index in [9.17, 15) is 0 Å². The highest BCUT2D eigenvalue weighted by Crippen LogP contribution is 2.44. The Morgan fingerprint density at radius 3 is 1.53 bits per heavy atom. The first-order valence-corrected chi connectivity index (χ1v) is 20.9. The van der Waals surface area contributed by atoms with E-state index in [1.165, 1.54) is 32.3 Å². The maximum absolute atomic E-state index is 6.54. The third-order valence-corrected chi connectivity index (χ3v) is 12.4. The van der Waals surface area contributed by atoms with Crippen molar-refractivity contribution in [3.63, 3.8) is 0 Å². The highest BCUT2D eigenvalue weighted by Gasteiger charge is 2.23. The fourth-order valence-electron chi connectivity index (χ4n) is 9.53. The highest BCUT2D eigenvalue weighted by atomic mass is 16.3. The quantitative estimate of drug-likeness (QED) is 0.174. The third-order valence-electron chi connectivity index (χ3n) is 12.4. The second-order valence-corrected chi connectivity index (χ2v) is 15.9. The Bertz CT molecular complexity index is 3830. The van der Waals surface area contributed by atoms with Crippen LogP contribution in [0.15, 0.2) is 211 Å². The smallest absolute Gasteiger partial charge is 0.167 e. The normalized spacial score (nSPS) is 11.9. The van der Waals surface area contributed by atoms with Crippen LogP contribution in [-0.4, -0.2) is 19.5 Å². The van der Waals surface area contributed by atoms with Gasteiger partial charge in [0.05, 0.1) is 22.3 Å². The van der Waals surface area contributed by atoms with Gasteiger partial charge in [-0.1, -0.05) is 158 Å². The Morgan fingerprint density at radius 2 is 0.855 bits per heavy atom. The maximum Gasteiger partial charge on any atom is 0.167 e. The number of benzene rings is 10. The highest BCUT2D eigenvalue weighted by molar-refractivity contribution is 6.19. The Hall–Kier alpha value is -8.41. The van der Waals surface area contributed by atoms with E-state index in [2.05, 4.69) is 168 Å². The third kappa shape index (κ3) is 5.32. The number of fused-ring (bicyclic) bond motifs is 9. The number of nitrogens with zero attached hydrogens (tertiary/aromatic N) is 4. The van der Waals surface area contributed by atoms with Crippen LogP contribution in [-0.2, 0) is 0 Å². The maximum atomic E-state index is 6.54. The van der Waals surface area contributed by atoms with Crippen LogP contribution < -0.4 is 0 Å². The van der Waals surface area contributed by atoms with Crippen LogP contribution >= 0.6 is 0 Å². The molecule has 0 spiro atoms. The zero-order chi connectivity index (χ0) is 40.7. The van der Waals surface area contributed by atoms with Gasteiger partial charge in [0.25, 0.3) is 0 Å². The number of hydrogen-bond donors (Lipinski definition) is 0. The van der Waals surface area contributed by atoms with Crippen LogP contribution in [0.25, 0.3) is 127 Å². The van der Waals surface area contributed by atoms with E-state index in [4.69, 9.17) is 19.4 Å². The van der Waals surface area contributed by atoms with Gasteiger partial charge < -0.3 is 8.98 Å². The van der Waals surface area contributed by atoms with Crippen LogP contribution in [0.4, 0.5) is 0 Å². The average molecular weight is 791 g/mol. The van der Waals surface area contributed by atoms with Crippen LogP contribution in [0, 0.1) is 0 Å². The molecule has 0 aliphatic rings. The largest absolute Gasteiger partial charge is 0.455 e. The van der Waals surface area contributed by atoms with Gasteiger partial charge >= 0.3 is 0 Å². The van der Waals surface area contributed by atoms with Gasteiger partial charge in [-0.05, 0) is 86.6 Å². The zero-order valence-corrected chi connectivity index (χ0v) is 33.3. The molecule has 0 bridgehead atoms. The predicted molar refractivity (Wildman–Crippen MR) is 256 cm³/mol. The van der Waals surface area contributed by atoms with Gasteiger partial charge in [0.1, 0.15) is 11.2 Å². The Kier molecular flexibility index (Phi) is 7.54. The lowest BCUT2D eigenvalue weighted by molar-refractivity contribution is 0.669. The number of para-hydroxylation sites is 2. The van der Waals surface area contributed by atoms with Crippen molar-refractivity contribution in [3.8, 4) is 51.0 Å². The van der Waals surface area contributed by atoms with Crippen molar-refractivity contribution in [2.24, 2.45) is 0 Å². The second-order valence-electron chi connectivity index (χ2n) is 15.9. The molecule has 10 aromatic carbocycles. The molecule has 0 saturated heterocycles. The minimum absolute atomic E-state index is 0.552. The SMILES string of the molecule is c1ccc(-c2nc(-c3ccc(-n4c5cc6ccccc6cc5c5cc6ccccc6cc54)c4c(-c5ccccc5)cccc34)nc(-c3cccc4c3oc3ccccc34)n2)cc1. The number of hydrogen-bond acceptors (Lipinski definition) is 4. The number of aromatic nitrogens is 4. The molecule has 0 atom stereocenters. The van der Waals surface area contributed by atoms with Crippen LogP contribution in [0.5, 0.6) is 0 Å². The van der Waals surface area contributed by atoms with E-state index in [0.29, 0.717) is 17.5 Å². The van der Waals surface area contributed by atoms with Crippen molar-refractivity contribution in [2.45, 2.75) is 0 Å². The molecule has 13 aromatic rings. The summed E-state index contributed by atoms with van der Waals surface area (Å²) in [5, 5.41) is 11.5. The van der Waals surface area contributed by atoms with E-state index < -0.39 is 0 Å². The van der Waals surface area contributed by atoms with E-state index >= 15 is 0 Å². The van der Waals surface area contributed by atoms with E-state index in [0.717, 1.165) is 77.2 Å². The van der Waals surface area contributed by atoms with E-state index in [-0.39, 0.29) is 0 Å². The minimum atomic E-state index is 0.552. The lowest BCUT2D eigenvalue weighted by Gasteiger charge is -2.18. The molecular weight excluding hydrogens is 757 g/mol. The minimum Gasteiger partial charge on any atom is -0.455 e. The Balaban J connectivity index is 1.13. The Labute approximate surface area is 355 Å². The van der Waals surface area contributed by atoms with Crippen molar-refractivity contribution in [3.05, 3.63) is 206 Å². The molecule has 13 rings (SSSR count). The van der Waals surface area contributed by atoms with Crippen LogP contribution in [0.2, 0.25) is 0 Å². The second kappa shape index (κ2) is 13.6. The zero-order valence-electron chi connectivity index (χ0n) is 33.3. The molecular formula is C57H34N4O. The number of furan rings is 1. The number of rotatable bonds is 5. The van der Waals surface area contributed by atoms with Gasteiger partial charge in [0.15, 0.2) is 17.5 Å². The molecule has 5 nitrogen and oxygen atoms in total. The fourth-order valence-corrected chi connectivity index (χ4v) is 9.53. The summed E-state index contributed by atoms with van der Waals surface area (Å²) in [6.07, 6.45) is 0. The van der Waals surface area contributed by atoms with Gasteiger partial charge in [-0.15, -0.1) is 0 Å². The van der Waals surface area contributed by atoms with Crippen molar-refractivity contribution in [2.75, 3.05) is 0 Å². The van der Waals surface area contributed by atoms with Gasteiger partial charge in [-0.25, -0.2) is 15.0 Å². The predicted octanol–water partition coefficient (Wildman–Crippen LogP) is 15.0. The molecule has 0 fully saturated rings. The van der Waals surface area contributed by atoms with Crippen LogP contribution in [0.1, 0.15) is 0 Å². The fraction of sp³-hybridized carbons (Fsp3) is 0. The molecule has 3 heterocycles. The summed E-state index contributed by atoms with van der Waals surface area (Å²) >= 11 is 0. The summed E-state index contributed by atoms with van der Waals surface area (Å²) in [5.74, 6) is 1.73. The molecule has 62 heavy (non-hydrogen) atoms. The first-order chi connectivity index (χ1) is 30.7. The lowest BCUT2D eigenvalue weighted by Crippen LogP contribution is -2.02. The standard InChI is InChI=1S/C57H34N4O/c1-3-15-35(16-4-1)41-24-13-25-43-45(56-58-55(36-17-5-2-6-18-36)59-57(60-56)46-27-14-26-44-42-23-11-12-28-52(42)62-54(44)46)29-30-49(53(41)43)61-50-33-39-21-9-7-19-37(39)31-47(50)48-32-38-20-8-10-22-40(38)34-51(48)61/h1-34H. The van der Waals surface area contributed by atoms with Crippen molar-refractivity contribution in [1.82, 2.24) is 19.5 Å². The summed E-state index contributed by atoms with van der Waals surface area (Å²) in [4.78, 5) is 15.8.